The third-order valence-corrected chi connectivity index (χ3v) is 7.65. The molecular weight excluding hydrogens is 426 g/mol. The molecule has 5 rings (SSSR count). The largest absolute Gasteiger partial charge is 0.494 e. The predicted octanol–water partition coefficient (Wildman–Crippen LogP) is 3.04. The summed E-state index contributed by atoms with van der Waals surface area (Å²) >= 11 is 1.43. The van der Waals surface area contributed by atoms with E-state index in [9.17, 15) is 9.59 Å². The van der Waals surface area contributed by atoms with E-state index in [2.05, 4.69) is 4.90 Å². The van der Waals surface area contributed by atoms with E-state index < -0.39 is 4.87 Å². The molecule has 2 aromatic rings. The summed E-state index contributed by atoms with van der Waals surface area (Å²) in [5.41, 5.74) is 2.44. The van der Waals surface area contributed by atoms with Gasteiger partial charge in [-0.2, -0.15) is 0 Å². The predicted molar refractivity (Wildman–Crippen MR) is 125 cm³/mol. The molecule has 3 aliphatic heterocycles. The summed E-state index contributed by atoms with van der Waals surface area (Å²) in [6.07, 6.45) is 0. The highest BCUT2D eigenvalue weighted by atomic mass is 32.2. The van der Waals surface area contributed by atoms with Gasteiger partial charge in [0.15, 0.2) is 0 Å². The van der Waals surface area contributed by atoms with Crippen LogP contribution in [0.5, 0.6) is 5.75 Å². The van der Waals surface area contributed by atoms with Gasteiger partial charge in [0.25, 0.3) is 5.91 Å². The van der Waals surface area contributed by atoms with E-state index in [1.165, 1.54) is 11.8 Å². The first-order valence-corrected chi connectivity index (χ1v) is 11.9. The van der Waals surface area contributed by atoms with Crippen molar-refractivity contribution in [3.8, 4) is 5.75 Å². The molecule has 0 saturated carbocycles. The van der Waals surface area contributed by atoms with Crippen molar-refractivity contribution in [1.29, 1.82) is 0 Å². The molecule has 1 spiro atoms. The number of ether oxygens (including phenoxy) is 2. The van der Waals surface area contributed by atoms with Gasteiger partial charge < -0.3 is 9.47 Å². The maximum atomic E-state index is 14.1. The summed E-state index contributed by atoms with van der Waals surface area (Å²) in [5, 5.41) is -0.332. The first kappa shape index (κ1) is 21.3. The van der Waals surface area contributed by atoms with Crippen molar-refractivity contribution in [2.75, 3.05) is 49.4 Å². The molecule has 0 unspecified atom stereocenters. The summed E-state index contributed by atoms with van der Waals surface area (Å²) in [4.78, 5) is 32.2. The van der Waals surface area contributed by atoms with E-state index in [4.69, 9.17) is 9.47 Å². The second-order valence-corrected chi connectivity index (χ2v) is 9.66. The highest BCUT2D eigenvalue weighted by Gasteiger charge is 2.63. The fourth-order valence-electron chi connectivity index (χ4n) is 4.68. The summed E-state index contributed by atoms with van der Waals surface area (Å²) < 4.78 is 11.0. The highest BCUT2D eigenvalue weighted by Crippen LogP contribution is 2.57. The third-order valence-electron chi connectivity index (χ3n) is 6.18. The van der Waals surface area contributed by atoms with Crippen LogP contribution in [-0.2, 0) is 19.2 Å². The minimum Gasteiger partial charge on any atom is -0.494 e. The maximum Gasteiger partial charge on any atom is 0.269 e. The quantitative estimate of drug-likeness (QED) is 0.694. The number of benzene rings is 2. The second-order valence-electron chi connectivity index (χ2n) is 8.13. The van der Waals surface area contributed by atoms with Crippen molar-refractivity contribution in [2.24, 2.45) is 0 Å². The Kier molecular flexibility index (Phi) is 5.61. The molecule has 7 nitrogen and oxygen atoms in total. The van der Waals surface area contributed by atoms with E-state index >= 15 is 0 Å². The molecule has 0 radical (unpaired) electrons. The van der Waals surface area contributed by atoms with Crippen LogP contribution in [0, 0.1) is 0 Å². The van der Waals surface area contributed by atoms with Gasteiger partial charge in [-0.25, -0.2) is 0 Å². The molecule has 168 valence electrons. The molecule has 3 heterocycles. The number of carbonyl (C=O) groups is 2. The van der Waals surface area contributed by atoms with Gasteiger partial charge in [0.2, 0.25) is 10.8 Å². The van der Waals surface area contributed by atoms with Crippen molar-refractivity contribution in [1.82, 2.24) is 4.90 Å². The minimum absolute atomic E-state index is 0.0597. The number of amides is 2. The molecule has 0 bridgehead atoms. The van der Waals surface area contributed by atoms with Gasteiger partial charge in [0.1, 0.15) is 5.75 Å². The summed E-state index contributed by atoms with van der Waals surface area (Å²) in [6.45, 7) is 7.76. The van der Waals surface area contributed by atoms with Crippen LogP contribution in [0.3, 0.4) is 0 Å². The fraction of sp³-hybridized carbons (Fsp3) is 0.417. The van der Waals surface area contributed by atoms with E-state index in [0.29, 0.717) is 32.2 Å². The van der Waals surface area contributed by atoms with E-state index in [1.54, 1.807) is 4.90 Å². The SMILES string of the molecule is CCOc1ccc(N2C(=O)[C@@H](C)S[C@@]23C(=O)N(CN2CCOCC2)c2ccccc23)cc1. The molecule has 2 saturated heterocycles. The van der Waals surface area contributed by atoms with Crippen LogP contribution in [0.2, 0.25) is 0 Å². The number of morpholine rings is 1. The number of rotatable bonds is 5. The fourth-order valence-corrected chi connectivity index (χ4v) is 6.21. The molecule has 2 atom stereocenters. The molecule has 2 amide bonds. The van der Waals surface area contributed by atoms with Crippen LogP contribution in [-0.4, -0.2) is 61.5 Å². The van der Waals surface area contributed by atoms with Crippen LogP contribution in [0.25, 0.3) is 0 Å². The van der Waals surface area contributed by atoms with Gasteiger partial charge in [-0.1, -0.05) is 18.2 Å². The Morgan fingerprint density at radius 3 is 2.53 bits per heavy atom. The number of thioether (sulfide) groups is 1. The zero-order valence-corrected chi connectivity index (χ0v) is 19.1. The summed E-state index contributed by atoms with van der Waals surface area (Å²) in [7, 11) is 0. The van der Waals surface area contributed by atoms with Crippen LogP contribution in [0.4, 0.5) is 11.4 Å². The molecule has 2 aromatic carbocycles. The van der Waals surface area contributed by atoms with Gasteiger partial charge in [-0.3, -0.25) is 24.3 Å². The molecular formula is C24H27N3O4S. The van der Waals surface area contributed by atoms with E-state index in [1.807, 2.05) is 67.3 Å². The number of hydrogen-bond donors (Lipinski definition) is 0. The lowest BCUT2D eigenvalue weighted by Crippen LogP contribution is -2.52. The molecule has 2 fully saturated rings. The summed E-state index contributed by atoms with van der Waals surface area (Å²) in [5.74, 6) is 0.613. The monoisotopic (exact) mass is 453 g/mol. The highest BCUT2D eigenvalue weighted by molar-refractivity contribution is 8.03. The molecule has 32 heavy (non-hydrogen) atoms. The van der Waals surface area contributed by atoms with Crippen molar-refractivity contribution >= 4 is 35.0 Å². The maximum absolute atomic E-state index is 14.1. The number of para-hydroxylation sites is 1. The van der Waals surface area contributed by atoms with Gasteiger partial charge in [-0.15, -0.1) is 11.8 Å². The van der Waals surface area contributed by atoms with Crippen LogP contribution in [0.1, 0.15) is 19.4 Å². The van der Waals surface area contributed by atoms with Crippen LogP contribution in [0.15, 0.2) is 48.5 Å². The molecule has 3 aliphatic rings. The average molecular weight is 454 g/mol. The Morgan fingerprint density at radius 1 is 1.09 bits per heavy atom. The van der Waals surface area contributed by atoms with Crippen molar-refractivity contribution in [3.05, 3.63) is 54.1 Å². The number of hydrogen-bond acceptors (Lipinski definition) is 6. The number of carbonyl (C=O) groups excluding carboxylic acids is 2. The average Bonchev–Trinajstić information content (AvgIpc) is 3.21. The minimum atomic E-state index is -1.10. The lowest BCUT2D eigenvalue weighted by molar-refractivity contribution is -0.124. The molecule has 8 heteroatoms. The van der Waals surface area contributed by atoms with Crippen molar-refractivity contribution < 1.29 is 19.1 Å². The Balaban J connectivity index is 1.57. The Labute approximate surface area is 192 Å². The van der Waals surface area contributed by atoms with E-state index in [-0.39, 0.29) is 17.1 Å². The standard InChI is InChI=1S/C24H27N3O4S/c1-3-31-19-10-8-18(9-11-19)27-22(28)17(2)32-24(27)20-6-4-5-7-21(20)26(23(24)29)16-25-12-14-30-15-13-25/h4-11,17H,3,12-16H2,1-2H3/t17-,24+/m1/s1. The van der Waals surface area contributed by atoms with Gasteiger partial charge in [0.05, 0.1) is 37.4 Å². The second kappa shape index (κ2) is 8.42. The smallest absolute Gasteiger partial charge is 0.269 e. The summed E-state index contributed by atoms with van der Waals surface area (Å²) in [6, 6.07) is 15.3. The first-order valence-electron chi connectivity index (χ1n) is 11.0. The Bertz CT molecular complexity index is 1020. The molecule has 0 N–H and O–H groups in total. The Hall–Kier alpha value is -2.55. The number of fused-ring (bicyclic) bond motifs is 2. The van der Waals surface area contributed by atoms with E-state index in [0.717, 1.165) is 30.1 Å². The van der Waals surface area contributed by atoms with Crippen LogP contribution >= 0.6 is 11.8 Å². The Morgan fingerprint density at radius 2 is 1.81 bits per heavy atom. The number of nitrogens with zero attached hydrogens (tertiary/aromatic N) is 3. The zero-order valence-electron chi connectivity index (χ0n) is 18.3. The lowest BCUT2D eigenvalue weighted by Gasteiger charge is -2.35. The molecule has 0 aliphatic carbocycles. The zero-order chi connectivity index (χ0) is 22.3. The van der Waals surface area contributed by atoms with Crippen molar-refractivity contribution in [2.45, 2.75) is 24.0 Å². The first-order chi connectivity index (χ1) is 15.6. The van der Waals surface area contributed by atoms with Gasteiger partial charge in [-0.05, 0) is 44.2 Å². The van der Waals surface area contributed by atoms with Gasteiger partial charge in [0, 0.05) is 24.3 Å². The van der Waals surface area contributed by atoms with Gasteiger partial charge >= 0.3 is 0 Å². The van der Waals surface area contributed by atoms with Crippen LogP contribution < -0.4 is 14.5 Å². The number of anilines is 2. The van der Waals surface area contributed by atoms with Crippen molar-refractivity contribution in [3.63, 3.8) is 0 Å². The topological polar surface area (TPSA) is 62.3 Å². The molecule has 0 aromatic heterocycles. The normalized spacial score (nSPS) is 25.6. The third kappa shape index (κ3) is 3.29. The lowest BCUT2D eigenvalue weighted by atomic mass is 10.0.